The van der Waals surface area contributed by atoms with Crippen molar-refractivity contribution >= 4 is 23.3 Å². The molecule has 2 saturated heterocycles. The lowest BCUT2D eigenvalue weighted by atomic mass is 10.1. The van der Waals surface area contributed by atoms with Crippen LogP contribution in [0.4, 0.5) is 10.2 Å². The fourth-order valence-corrected chi connectivity index (χ4v) is 2.84. The van der Waals surface area contributed by atoms with E-state index in [9.17, 15) is 9.18 Å². The number of aromatic nitrogens is 1. The third-order valence-corrected chi connectivity index (χ3v) is 3.79. The number of hydrogen-bond acceptors (Lipinski definition) is 3. The molecular formula is C12H13ClFN3O. The lowest BCUT2D eigenvalue weighted by Crippen LogP contribution is -2.52. The Balaban J connectivity index is 1.80. The molecule has 1 unspecified atom stereocenters. The summed E-state index contributed by atoms with van der Waals surface area (Å²) >= 11 is 5.69. The van der Waals surface area contributed by atoms with Crippen LogP contribution in [0.25, 0.3) is 0 Å². The van der Waals surface area contributed by atoms with Gasteiger partial charge in [0.05, 0.1) is 5.02 Å². The third-order valence-electron chi connectivity index (χ3n) is 3.58. The Kier molecular flexibility index (Phi) is 2.86. The molecule has 0 aromatic carbocycles. The molecule has 2 fully saturated rings. The molecule has 3 rings (SSSR count). The minimum atomic E-state index is -0.403. The number of carbonyl (C=O) groups excluding carboxylic acids is 1. The van der Waals surface area contributed by atoms with Crippen LogP contribution in [0, 0.1) is 5.82 Å². The molecule has 18 heavy (non-hydrogen) atoms. The fraction of sp³-hybridized carbons (Fsp3) is 0.500. The molecule has 0 saturated carbocycles. The highest BCUT2D eigenvalue weighted by Crippen LogP contribution is 2.27. The van der Waals surface area contributed by atoms with Gasteiger partial charge in [0, 0.05) is 38.3 Å². The number of amides is 1. The number of piperazine rings is 1. The summed E-state index contributed by atoms with van der Waals surface area (Å²) in [4.78, 5) is 19.4. The van der Waals surface area contributed by atoms with Crippen molar-refractivity contribution in [1.29, 1.82) is 0 Å². The molecule has 0 radical (unpaired) electrons. The SMILES string of the molecule is O=C1CCC2CN(c3ncc(Cl)cc3F)CCN12. The average molecular weight is 270 g/mol. The molecule has 0 aliphatic carbocycles. The molecule has 0 bridgehead atoms. The number of anilines is 1. The zero-order valence-electron chi connectivity index (χ0n) is 9.77. The highest BCUT2D eigenvalue weighted by Gasteiger charge is 2.36. The van der Waals surface area contributed by atoms with Gasteiger partial charge in [-0.3, -0.25) is 4.79 Å². The standard InChI is InChI=1S/C12H13ClFN3O/c13-8-5-10(14)12(15-6-8)16-3-4-17-9(7-16)1-2-11(17)18/h5-6,9H,1-4,7H2. The Hall–Kier alpha value is -1.36. The Morgan fingerprint density at radius 2 is 2.28 bits per heavy atom. The van der Waals surface area contributed by atoms with Crippen molar-refractivity contribution in [3.8, 4) is 0 Å². The maximum Gasteiger partial charge on any atom is 0.223 e. The summed E-state index contributed by atoms with van der Waals surface area (Å²) in [6.45, 7) is 1.92. The van der Waals surface area contributed by atoms with E-state index >= 15 is 0 Å². The third kappa shape index (κ3) is 1.92. The van der Waals surface area contributed by atoms with Crippen LogP contribution in [0.2, 0.25) is 5.02 Å². The molecule has 2 aliphatic rings. The molecule has 6 heteroatoms. The molecule has 3 heterocycles. The number of rotatable bonds is 1. The second-order valence-electron chi connectivity index (χ2n) is 4.68. The number of fused-ring (bicyclic) bond motifs is 1. The van der Waals surface area contributed by atoms with Gasteiger partial charge in [-0.2, -0.15) is 0 Å². The van der Waals surface area contributed by atoms with Gasteiger partial charge in [0.2, 0.25) is 5.91 Å². The van der Waals surface area contributed by atoms with E-state index in [0.29, 0.717) is 36.9 Å². The molecule has 2 aliphatic heterocycles. The second kappa shape index (κ2) is 4.39. The first-order chi connectivity index (χ1) is 8.65. The largest absolute Gasteiger partial charge is 0.350 e. The zero-order chi connectivity index (χ0) is 12.7. The van der Waals surface area contributed by atoms with Crippen molar-refractivity contribution in [2.24, 2.45) is 0 Å². The molecule has 1 amide bonds. The highest BCUT2D eigenvalue weighted by atomic mass is 35.5. The quantitative estimate of drug-likeness (QED) is 0.778. The van der Waals surface area contributed by atoms with Crippen molar-refractivity contribution < 1.29 is 9.18 Å². The normalized spacial score (nSPS) is 23.4. The van der Waals surface area contributed by atoms with Crippen LogP contribution < -0.4 is 4.90 Å². The predicted molar refractivity (Wildman–Crippen MR) is 66.2 cm³/mol. The van der Waals surface area contributed by atoms with Gasteiger partial charge in [0.25, 0.3) is 0 Å². The van der Waals surface area contributed by atoms with Crippen molar-refractivity contribution in [2.75, 3.05) is 24.5 Å². The smallest absolute Gasteiger partial charge is 0.223 e. The molecule has 0 N–H and O–H groups in total. The molecule has 1 atom stereocenters. The van der Waals surface area contributed by atoms with Gasteiger partial charge in [-0.1, -0.05) is 11.6 Å². The van der Waals surface area contributed by atoms with E-state index in [1.165, 1.54) is 12.3 Å². The first-order valence-corrected chi connectivity index (χ1v) is 6.38. The van der Waals surface area contributed by atoms with Crippen LogP contribution in [-0.2, 0) is 4.79 Å². The summed E-state index contributed by atoms with van der Waals surface area (Å²) in [7, 11) is 0. The number of carbonyl (C=O) groups is 1. The minimum absolute atomic E-state index is 0.197. The van der Waals surface area contributed by atoms with Crippen molar-refractivity contribution in [3.05, 3.63) is 23.1 Å². The van der Waals surface area contributed by atoms with Crippen molar-refractivity contribution in [3.63, 3.8) is 0 Å². The van der Waals surface area contributed by atoms with Gasteiger partial charge in [-0.25, -0.2) is 9.37 Å². The lowest BCUT2D eigenvalue weighted by Gasteiger charge is -2.38. The Labute approximate surface area is 109 Å². The molecule has 1 aromatic heterocycles. The number of hydrogen-bond donors (Lipinski definition) is 0. The van der Waals surface area contributed by atoms with E-state index in [4.69, 9.17) is 11.6 Å². The van der Waals surface area contributed by atoms with Crippen LogP contribution in [0.5, 0.6) is 0 Å². The predicted octanol–water partition coefficient (Wildman–Crippen LogP) is 1.69. The van der Waals surface area contributed by atoms with E-state index in [1.54, 1.807) is 0 Å². The Morgan fingerprint density at radius 3 is 3.06 bits per heavy atom. The zero-order valence-corrected chi connectivity index (χ0v) is 10.5. The number of nitrogens with zero attached hydrogens (tertiary/aromatic N) is 3. The second-order valence-corrected chi connectivity index (χ2v) is 5.12. The van der Waals surface area contributed by atoms with E-state index in [-0.39, 0.29) is 11.9 Å². The van der Waals surface area contributed by atoms with Gasteiger partial charge >= 0.3 is 0 Å². The molecule has 0 spiro atoms. The van der Waals surface area contributed by atoms with Crippen LogP contribution in [0.15, 0.2) is 12.3 Å². The molecule has 96 valence electrons. The van der Waals surface area contributed by atoms with Gasteiger partial charge in [0.1, 0.15) is 0 Å². The van der Waals surface area contributed by atoms with E-state index in [2.05, 4.69) is 4.98 Å². The topological polar surface area (TPSA) is 36.4 Å². The number of halogens is 2. The van der Waals surface area contributed by atoms with Crippen LogP contribution in [0.3, 0.4) is 0 Å². The fourth-order valence-electron chi connectivity index (χ4n) is 2.70. The maximum absolute atomic E-state index is 13.8. The van der Waals surface area contributed by atoms with Gasteiger partial charge < -0.3 is 9.80 Å². The minimum Gasteiger partial charge on any atom is -0.350 e. The summed E-state index contributed by atoms with van der Waals surface area (Å²) in [6.07, 6.45) is 2.91. The molecular weight excluding hydrogens is 257 g/mol. The lowest BCUT2D eigenvalue weighted by molar-refractivity contribution is -0.129. The van der Waals surface area contributed by atoms with Crippen LogP contribution >= 0.6 is 11.6 Å². The highest BCUT2D eigenvalue weighted by molar-refractivity contribution is 6.30. The molecule has 1 aromatic rings. The summed E-state index contributed by atoms with van der Waals surface area (Å²) in [6, 6.07) is 1.47. The van der Waals surface area contributed by atoms with Gasteiger partial charge in [-0.15, -0.1) is 0 Å². The molecule has 4 nitrogen and oxygen atoms in total. The maximum atomic E-state index is 13.8. The van der Waals surface area contributed by atoms with Crippen LogP contribution in [0.1, 0.15) is 12.8 Å². The average Bonchev–Trinajstić information content (AvgIpc) is 2.71. The monoisotopic (exact) mass is 269 g/mol. The van der Waals surface area contributed by atoms with Crippen molar-refractivity contribution in [2.45, 2.75) is 18.9 Å². The van der Waals surface area contributed by atoms with E-state index in [1.807, 2.05) is 9.80 Å². The first-order valence-electron chi connectivity index (χ1n) is 6.00. The van der Waals surface area contributed by atoms with Gasteiger partial charge in [0.15, 0.2) is 11.6 Å². The summed E-state index contributed by atoms with van der Waals surface area (Å²) in [5, 5.41) is 0.297. The Bertz CT molecular complexity index is 496. The summed E-state index contributed by atoms with van der Waals surface area (Å²) < 4.78 is 13.8. The first kappa shape index (κ1) is 11.7. The van der Waals surface area contributed by atoms with Crippen LogP contribution in [-0.4, -0.2) is 41.5 Å². The van der Waals surface area contributed by atoms with E-state index in [0.717, 1.165) is 6.42 Å². The summed E-state index contributed by atoms with van der Waals surface area (Å²) in [5.74, 6) is 0.142. The van der Waals surface area contributed by atoms with E-state index < -0.39 is 5.82 Å². The Morgan fingerprint density at radius 1 is 1.44 bits per heavy atom. The van der Waals surface area contributed by atoms with Crippen molar-refractivity contribution in [1.82, 2.24) is 9.88 Å². The number of pyridine rings is 1. The van der Waals surface area contributed by atoms with Gasteiger partial charge in [-0.05, 0) is 12.5 Å². The summed E-state index contributed by atoms with van der Waals surface area (Å²) in [5.41, 5.74) is 0.